The van der Waals surface area contributed by atoms with Gasteiger partial charge in [0.05, 0.1) is 4.88 Å². The van der Waals surface area contributed by atoms with Gasteiger partial charge >= 0.3 is 0 Å². The summed E-state index contributed by atoms with van der Waals surface area (Å²) in [6.45, 7) is 2.80. The Hall–Kier alpha value is -3.09. The quantitative estimate of drug-likeness (QED) is 0.458. The molecule has 0 saturated heterocycles. The number of halogens is 1. The Bertz CT molecular complexity index is 1180. The maximum absolute atomic E-state index is 13.0. The number of sulfonamides is 1. The molecule has 0 aliphatic carbocycles. The first-order chi connectivity index (χ1) is 14.7. The molecule has 0 radical (unpaired) electrons. The van der Waals surface area contributed by atoms with Gasteiger partial charge in [-0.05, 0) is 43.7 Å². The first-order valence-electron chi connectivity index (χ1n) is 9.05. The van der Waals surface area contributed by atoms with Crippen LogP contribution in [0.5, 0.6) is 0 Å². The van der Waals surface area contributed by atoms with Crippen LogP contribution in [-0.4, -0.2) is 31.9 Å². The lowest BCUT2D eigenvalue weighted by molar-refractivity contribution is -0.121. The van der Waals surface area contributed by atoms with Crippen molar-refractivity contribution in [2.45, 2.75) is 25.2 Å². The number of hydrogen-bond acceptors (Lipinski definition) is 7. The molecule has 164 valence electrons. The summed E-state index contributed by atoms with van der Waals surface area (Å²) in [6, 6.07) is 9.17. The summed E-state index contributed by atoms with van der Waals surface area (Å²) in [5, 5.41) is 3.59. The van der Waals surface area contributed by atoms with Gasteiger partial charge in [-0.15, -0.1) is 11.3 Å². The van der Waals surface area contributed by atoms with Gasteiger partial charge in [0.2, 0.25) is 15.9 Å². The molecule has 3 rings (SSSR count). The van der Waals surface area contributed by atoms with Crippen LogP contribution < -0.4 is 15.6 Å². The Morgan fingerprint density at radius 2 is 1.81 bits per heavy atom. The summed E-state index contributed by atoms with van der Waals surface area (Å²) < 4.78 is 44.7. The van der Waals surface area contributed by atoms with Crippen molar-refractivity contribution in [3.63, 3.8) is 0 Å². The number of amides is 2. The van der Waals surface area contributed by atoms with E-state index in [9.17, 15) is 22.4 Å². The van der Waals surface area contributed by atoms with Gasteiger partial charge in [0, 0.05) is 17.8 Å². The molecule has 2 aromatic heterocycles. The number of nitrogens with one attached hydrogen (secondary N) is 3. The van der Waals surface area contributed by atoms with E-state index in [4.69, 9.17) is 4.52 Å². The molecular formula is C19H19FN4O5S2. The largest absolute Gasteiger partial charge is 0.360 e. The number of hydrazine groups is 1. The van der Waals surface area contributed by atoms with E-state index < -0.39 is 21.8 Å². The SMILES string of the molecule is Cc1noc(C)c1S(=O)(=O)NCCC(=O)NNC(=O)c1ccc(-c2ccc(F)cc2)s1. The van der Waals surface area contributed by atoms with Gasteiger partial charge in [0.25, 0.3) is 5.91 Å². The highest BCUT2D eigenvalue weighted by molar-refractivity contribution is 7.89. The van der Waals surface area contributed by atoms with Crippen molar-refractivity contribution >= 4 is 33.2 Å². The molecule has 3 aromatic rings. The molecule has 0 aliphatic rings. The molecular weight excluding hydrogens is 447 g/mol. The summed E-state index contributed by atoms with van der Waals surface area (Å²) in [5.41, 5.74) is 5.49. The number of benzene rings is 1. The predicted octanol–water partition coefficient (Wildman–Crippen LogP) is 2.29. The maximum Gasteiger partial charge on any atom is 0.279 e. The van der Waals surface area contributed by atoms with Crippen molar-refractivity contribution in [1.82, 2.24) is 20.7 Å². The van der Waals surface area contributed by atoms with Crippen LogP contribution >= 0.6 is 11.3 Å². The van der Waals surface area contributed by atoms with Crippen LogP contribution in [0.3, 0.4) is 0 Å². The minimum atomic E-state index is -3.87. The summed E-state index contributed by atoms with van der Waals surface area (Å²) >= 11 is 1.18. The lowest BCUT2D eigenvalue weighted by Gasteiger charge is -2.08. The number of thiophene rings is 1. The molecule has 0 saturated carbocycles. The molecule has 12 heteroatoms. The zero-order valence-corrected chi connectivity index (χ0v) is 18.2. The van der Waals surface area contributed by atoms with Crippen LogP contribution in [0.15, 0.2) is 45.8 Å². The summed E-state index contributed by atoms with van der Waals surface area (Å²) in [5.74, 6) is -1.30. The molecule has 9 nitrogen and oxygen atoms in total. The highest BCUT2D eigenvalue weighted by atomic mass is 32.2. The number of carbonyl (C=O) groups is 2. The molecule has 0 aliphatic heterocycles. The summed E-state index contributed by atoms with van der Waals surface area (Å²) in [6.07, 6.45) is -0.200. The van der Waals surface area contributed by atoms with Crippen molar-refractivity contribution in [1.29, 1.82) is 0 Å². The Labute approximate surface area is 181 Å². The van der Waals surface area contributed by atoms with Gasteiger partial charge in [-0.1, -0.05) is 17.3 Å². The van der Waals surface area contributed by atoms with E-state index in [0.29, 0.717) is 4.88 Å². The van der Waals surface area contributed by atoms with Gasteiger partial charge < -0.3 is 4.52 Å². The molecule has 0 atom stereocenters. The summed E-state index contributed by atoms with van der Waals surface area (Å²) in [7, 11) is -3.87. The Morgan fingerprint density at radius 1 is 1.10 bits per heavy atom. The van der Waals surface area contributed by atoms with Crippen LogP contribution in [0.25, 0.3) is 10.4 Å². The Balaban J connectivity index is 1.48. The number of aryl methyl sites for hydroxylation is 2. The van der Waals surface area contributed by atoms with Crippen LogP contribution in [0.2, 0.25) is 0 Å². The minimum absolute atomic E-state index is 0.0594. The number of rotatable bonds is 7. The third-order valence-corrected chi connectivity index (χ3v) is 6.99. The van der Waals surface area contributed by atoms with Crippen LogP contribution in [-0.2, 0) is 14.8 Å². The second-order valence-electron chi connectivity index (χ2n) is 6.47. The van der Waals surface area contributed by atoms with Gasteiger partial charge in [-0.25, -0.2) is 17.5 Å². The number of hydrogen-bond donors (Lipinski definition) is 3. The lowest BCUT2D eigenvalue weighted by atomic mass is 10.2. The van der Waals surface area contributed by atoms with E-state index in [1.165, 1.54) is 37.3 Å². The lowest BCUT2D eigenvalue weighted by Crippen LogP contribution is -2.42. The van der Waals surface area contributed by atoms with Crippen LogP contribution in [0.4, 0.5) is 4.39 Å². The van der Waals surface area contributed by atoms with Crippen LogP contribution in [0, 0.1) is 19.7 Å². The minimum Gasteiger partial charge on any atom is -0.360 e. The highest BCUT2D eigenvalue weighted by Crippen LogP contribution is 2.28. The first kappa shape index (κ1) is 22.6. The molecule has 1 aromatic carbocycles. The molecule has 3 N–H and O–H groups in total. The smallest absolute Gasteiger partial charge is 0.279 e. The normalized spacial score (nSPS) is 11.3. The third-order valence-electron chi connectivity index (χ3n) is 4.15. The monoisotopic (exact) mass is 466 g/mol. The highest BCUT2D eigenvalue weighted by Gasteiger charge is 2.24. The fraction of sp³-hybridized carbons (Fsp3) is 0.211. The van der Waals surface area contributed by atoms with E-state index in [2.05, 4.69) is 20.7 Å². The molecule has 2 heterocycles. The standard InChI is InChI=1S/C19H19FN4O5S2/c1-11-18(12(2)29-24-11)31(27,28)21-10-9-17(25)22-23-19(26)16-8-7-15(30-16)13-3-5-14(20)6-4-13/h3-8,21H,9-10H2,1-2H3,(H,22,25)(H,23,26). The van der Waals surface area contributed by atoms with Crippen molar-refractivity contribution in [3.05, 3.63) is 58.5 Å². The van der Waals surface area contributed by atoms with Crippen LogP contribution in [0.1, 0.15) is 27.5 Å². The second kappa shape index (κ2) is 9.37. The van der Waals surface area contributed by atoms with E-state index in [0.717, 1.165) is 10.4 Å². The predicted molar refractivity (Wildman–Crippen MR) is 111 cm³/mol. The Kier molecular flexibility index (Phi) is 6.83. The average Bonchev–Trinajstić information content (AvgIpc) is 3.33. The van der Waals surface area contributed by atoms with Crippen molar-refractivity contribution in [2.24, 2.45) is 0 Å². The van der Waals surface area contributed by atoms with E-state index in [1.807, 2.05) is 0 Å². The van der Waals surface area contributed by atoms with Gasteiger partial charge in [0.15, 0.2) is 5.76 Å². The molecule has 31 heavy (non-hydrogen) atoms. The molecule has 0 unspecified atom stereocenters. The van der Waals surface area contributed by atoms with Gasteiger partial charge in [-0.3, -0.25) is 20.4 Å². The first-order valence-corrected chi connectivity index (χ1v) is 11.3. The van der Waals surface area contributed by atoms with E-state index in [1.54, 1.807) is 24.3 Å². The number of nitrogens with zero attached hydrogens (tertiary/aromatic N) is 1. The van der Waals surface area contributed by atoms with Crippen molar-refractivity contribution in [3.8, 4) is 10.4 Å². The van der Waals surface area contributed by atoms with Crippen molar-refractivity contribution < 1.29 is 26.9 Å². The topological polar surface area (TPSA) is 130 Å². The average molecular weight is 467 g/mol. The van der Waals surface area contributed by atoms with E-state index >= 15 is 0 Å². The Morgan fingerprint density at radius 3 is 2.45 bits per heavy atom. The number of aromatic nitrogens is 1. The fourth-order valence-corrected chi connectivity index (χ4v) is 4.97. The molecule has 2 amide bonds. The van der Waals surface area contributed by atoms with Gasteiger partial charge in [-0.2, -0.15) is 0 Å². The third kappa shape index (κ3) is 5.54. The zero-order chi connectivity index (χ0) is 22.6. The number of carbonyl (C=O) groups excluding carboxylic acids is 2. The summed E-state index contributed by atoms with van der Waals surface area (Å²) in [4.78, 5) is 25.2. The van der Waals surface area contributed by atoms with Crippen molar-refractivity contribution in [2.75, 3.05) is 6.54 Å². The maximum atomic E-state index is 13.0. The fourth-order valence-electron chi connectivity index (χ4n) is 2.71. The molecule has 0 fully saturated rings. The zero-order valence-electron chi connectivity index (χ0n) is 16.6. The van der Waals surface area contributed by atoms with E-state index in [-0.39, 0.29) is 35.1 Å². The van der Waals surface area contributed by atoms with Gasteiger partial charge in [0.1, 0.15) is 16.4 Å². The molecule has 0 bridgehead atoms. The molecule has 0 spiro atoms. The second-order valence-corrected chi connectivity index (χ2v) is 9.26.